The number of likely N-dealkylation sites (N-methyl/N-ethyl adjacent to an activating group) is 1. The Morgan fingerprint density at radius 1 is 1.27 bits per heavy atom. The minimum Gasteiger partial charge on any atom is -0.379 e. The molecule has 0 spiro atoms. The molecule has 0 aromatic heterocycles. The fourth-order valence-corrected chi connectivity index (χ4v) is 1.29. The fraction of sp³-hybridized carbons (Fsp3) is 1.00. The van der Waals surface area contributed by atoms with Crippen molar-refractivity contribution in [1.29, 1.82) is 0 Å². The molecule has 0 fully saturated rings. The molecule has 0 aromatic rings. The minimum atomic E-state index is -4.11. The summed E-state index contributed by atoms with van der Waals surface area (Å²) in [5.74, 6) is 0. The maximum atomic E-state index is 11.8. The van der Waals surface area contributed by atoms with Gasteiger partial charge >= 0.3 is 6.18 Å². The molecule has 0 aliphatic rings. The van der Waals surface area contributed by atoms with E-state index in [9.17, 15) is 13.2 Å². The molecule has 15 heavy (non-hydrogen) atoms. The van der Waals surface area contributed by atoms with Gasteiger partial charge in [0.25, 0.3) is 0 Å². The van der Waals surface area contributed by atoms with Gasteiger partial charge in [0.15, 0.2) is 0 Å². The van der Waals surface area contributed by atoms with E-state index in [-0.39, 0.29) is 12.6 Å². The van der Waals surface area contributed by atoms with Crippen LogP contribution in [0.4, 0.5) is 13.2 Å². The van der Waals surface area contributed by atoms with Gasteiger partial charge in [-0.1, -0.05) is 20.3 Å². The second-order valence-electron chi connectivity index (χ2n) is 3.48. The largest absolute Gasteiger partial charge is 0.391 e. The van der Waals surface area contributed by atoms with Crippen LogP contribution in [0.15, 0.2) is 0 Å². The lowest BCUT2D eigenvalue weighted by atomic mass is 10.2. The van der Waals surface area contributed by atoms with E-state index in [1.807, 2.05) is 13.8 Å². The molecular formula is C10H20F3NO. The summed E-state index contributed by atoms with van der Waals surface area (Å²) in [5, 5.41) is 3.17. The Morgan fingerprint density at radius 3 is 2.40 bits per heavy atom. The topological polar surface area (TPSA) is 21.3 Å². The highest BCUT2D eigenvalue weighted by atomic mass is 19.4. The molecule has 0 bridgehead atoms. The van der Waals surface area contributed by atoms with Crippen LogP contribution in [0, 0.1) is 0 Å². The highest BCUT2D eigenvalue weighted by molar-refractivity contribution is 4.64. The van der Waals surface area contributed by atoms with Gasteiger partial charge in [0, 0.05) is 6.04 Å². The number of nitrogens with one attached hydrogen (secondary N) is 1. The second kappa shape index (κ2) is 7.93. The number of rotatable bonds is 8. The molecule has 1 N–H and O–H groups in total. The van der Waals surface area contributed by atoms with Crippen LogP contribution in [-0.2, 0) is 4.74 Å². The van der Waals surface area contributed by atoms with Gasteiger partial charge in [-0.25, -0.2) is 0 Å². The molecule has 5 heteroatoms. The molecule has 0 aliphatic carbocycles. The summed E-state index contributed by atoms with van der Waals surface area (Å²) in [7, 11) is 0. The molecule has 92 valence electrons. The van der Waals surface area contributed by atoms with Crippen molar-refractivity contribution in [3.63, 3.8) is 0 Å². The number of alkyl halides is 3. The van der Waals surface area contributed by atoms with E-state index in [1.54, 1.807) is 0 Å². The van der Waals surface area contributed by atoms with E-state index in [1.165, 1.54) is 0 Å². The normalized spacial score (nSPS) is 14.2. The summed E-state index contributed by atoms with van der Waals surface area (Å²) in [6, 6.07) is 0.174. The number of halogens is 3. The Kier molecular flexibility index (Phi) is 7.78. The molecule has 0 radical (unpaired) electrons. The zero-order valence-corrected chi connectivity index (χ0v) is 9.36. The predicted molar refractivity (Wildman–Crippen MR) is 53.9 cm³/mol. The molecule has 0 rings (SSSR count). The van der Waals surface area contributed by atoms with Crippen LogP contribution in [-0.4, -0.2) is 32.0 Å². The molecule has 1 unspecified atom stereocenters. The average molecular weight is 227 g/mol. The van der Waals surface area contributed by atoms with Crippen molar-refractivity contribution in [1.82, 2.24) is 5.32 Å². The first-order valence-corrected chi connectivity index (χ1v) is 5.37. The summed E-state index contributed by atoms with van der Waals surface area (Å²) < 4.78 is 40.3. The van der Waals surface area contributed by atoms with Gasteiger partial charge in [-0.15, -0.1) is 0 Å². The Balaban J connectivity index is 3.52. The van der Waals surface area contributed by atoms with Crippen molar-refractivity contribution in [2.75, 3.05) is 19.8 Å². The third kappa shape index (κ3) is 10.0. The lowest BCUT2D eigenvalue weighted by Gasteiger charge is -2.17. The summed E-state index contributed by atoms with van der Waals surface area (Å²) >= 11 is 0. The zero-order chi connectivity index (χ0) is 11.7. The van der Waals surface area contributed by atoms with Crippen LogP contribution in [0.1, 0.15) is 33.1 Å². The summed E-state index contributed by atoms with van der Waals surface area (Å²) in [5.41, 5.74) is 0. The first kappa shape index (κ1) is 14.7. The third-order valence-electron chi connectivity index (χ3n) is 1.98. The molecule has 0 saturated heterocycles. The maximum Gasteiger partial charge on any atom is 0.391 e. The first-order chi connectivity index (χ1) is 6.99. The molecule has 1 atom stereocenters. The fourth-order valence-electron chi connectivity index (χ4n) is 1.29. The van der Waals surface area contributed by atoms with Gasteiger partial charge in [-0.05, 0) is 13.0 Å². The van der Waals surface area contributed by atoms with Crippen molar-refractivity contribution in [2.24, 2.45) is 0 Å². The van der Waals surface area contributed by atoms with Gasteiger partial charge in [0.2, 0.25) is 0 Å². The monoisotopic (exact) mass is 227 g/mol. The van der Waals surface area contributed by atoms with E-state index < -0.39 is 12.6 Å². The standard InChI is InChI=1S/C10H20F3NO/c1-3-5-9(14-4-2)8-15-7-6-10(11,12)13/h9,14H,3-8H2,1-2H3. The first-order valence-electron chi connectivity index (χ1n) is 5.37. The number of hydrogen-bond acceptors (Lipinski definition) is 2. The number of hydrogen-bond donors (Lipinski definition) is 1. The third-order valence-corrected chi connectivity index (χ3v) is 1.98. The zero-order valence-electron chi connectivity index (χ0n) is 9.36. The van der Waals surface area contributed by atoms with Crippen LogP contribution in [0.25, 0.3) is 0 Å². The highest BCUT2D eigenvalue weighted by Gasteiger charge is 2.26. The molecule has 0 aromatic carbocycles. The van der Waals surface area contributed by atoms with Gasteiger partial charge in [-0.3, -0.25) is 0 Å². The molecule has 0 amide bonds. The Labute approximate surface area is 89.2 Å². The maximum absolute atomic E-state index is 11.8. The molecule has 0 aliphatic heterocycles. The predicted octanol–water partition coefficient (Wildman–Crippen LogP) is 2.73. The summed E-state index contributed by atoms with van der Waals surface area (Å²) in [6.07, 6.45) is -3.05. The average Bonchev–Trinajstić information content (AvgIpc) is 2.11. The van der Waals surface area contributed by atoms with Crippen molar-refractivity contribution in [3.8, 4) is 0 Å². The summed E-state index contributed by atoms with van der Waals surface area (Å²) in [4.78, 5) is 0. The van der Waals surface area contributed by atoms with Crippen LogP contribution in [0.5, 0.6) is 0 Å². The van der Waals surface area contributed by atoms with Crippen LogP contribution >= 0.6 is 0 Å². The molecule has 0 heterocycles. The van der Waals surface area contributed by atoms with Crippen molar-refractivity contribution in [3.05, 3.63) is 0 Å². The van der Waals surface area contributed by atoms with E-state index >= 15 is 0 Å². The van der Waals surface area contributed by atoms with Crippen molar-refractivity contribution < 1.29 is 17.9 Å². The lowest BCUT2D eigenvalue weighted by molar-refractivity contribution is -0.145. The summed E-state index contributed by atoms with van der Waals surface area (Å²) in [6.45, 7) is 4.94. The van der Waals surface area contributed by atoms with Crippen LogP contribution in [0.2, 0.25) is 0 Å². The van der Waals surface area contributed by atoms with Crippen molar-refractivity contribution >= 4 is 0 Å². The minimum absolute atomic E-state index is 0.174. The van der Waals surface area contributed by atoms with E-state index in [0.29, 0.717) is 6.61 Å². The number of ether oxygens (including phenoxy) is 1. The Hall–Kier alpha value is -0.290. The molecule has 0 saturated carbocycles. The van der Waals surface area contributed by atoms with Gasteiger partial charge in [0.05, 0.1) is 19.6 Å². The quantitative estimate of drug-likeness (QED) is 0.644. The van der Waals surface area contributed by atoms with Gasteiger partial charge in [-0.2, -0.15) is 13.2 Å². The molecular weight excluding hydrogens is 207 g/mol. The lowest BCUT2D eigenvalue weighted by Crippen LogP contribution is -2.33. The van der Waals surface area contributed by atoms with E-state index in [2.05, 4.69) is 5.32 Å². The van der Waals surface area contributed by atoms with Crippen LogP contribution < -0.4 is 5.32 Å². The van der Waals surface area contributed by atoms with Crippen LogP contribution in [0.3, 0.4) is 0 Å². The highest BCUT2D eigenvalue weighted by Crippen LogP contribution is 2.18. The van der Waals surface area contributed by atoms with E-state index in [4.69, 9.17) is 4.74 Å². The second-order valence-corrected chi connectivity index (χ2v) is 3.48. The smallest absolute Gasteiger partial charge is 0.379 e. The SMILES string of the molecule is CCCC(COCCC(F)(F)F)NCC. The van der Waals surface area contributed by atoms with Crippen molar-refractivity contribution in [2.45, 2.75) is 45.3 Å². The molecule has 2 nitrogen and oxygen atoms in total. The van der Waals surface area contributed by atoms with E-state index in [0.717, 1.165) is 19.4 Å². The Bertz CT molecular complexity index is 144. The Morgan fingerprint density at radius 2 is 1.93 bits per heavy atom. The van der Waals surface area contributed by atoms with Gasteiger partial charge < -0.3 is 10.1 Å². The van der Waals surface area contributed by atoms with Gasteiger partial charge in [0.1, 0.15) is 0 Å².